The zero-order valence-electron chi connectivity index (χ0n) is 8.56. The monoisotopic (exact) mass is 212 g/mol. The Morgan fingerprint density at radius 3 is 2.67 bits per heavy atom. The first-order valence-corrected chi connectivity index (χ1v) is 5.08. The normalized spacial score (nSPS) is 18.6. The summed E-state index contributed by atoms with van der Waals surface area (Å²) in [5.74, 6) is -1.02. The molecule has 1 unspecified atom stereocenters. The van der Waals surface area contributed by atoms with Crippen LogP contribution < -0.4 is 10.6 Å². The molecule has 82 valence electrons. The maximum absolute atomic E-state index is 13.4. The lowest BCUT2D eigenvalue weighted by atomic mass is 10.0. The quantitative estimate of drug-likeness (QED) is 0.795. The third kappa shape index (κ3) is 2.33. The molecule has 0 spiro atoms. The maximum Gasteiger partial charge on any atom is 0.130 e. The molecule has 1 saturated heterocycles. The van der Waals surface area contributed by atoms with Crippen molar-refractivity contribution >= 4 is 0 Å². The molecule has 1 aromatic carbocycles. The lowest BCUT2D eigenvalue weighted by Gasteiger charge is -2.31. The highest BCUT2D eigenvalue weighted by molar-refractivity contribution is 5.21. The second-order valence-electron chi connectivity index (χ2n) is 3.91. The van der Waals surface area contributed by atoms with E-state index in [4.69, 9.17) is 0 Å². The van der Waals surface area contributed by atoms with Crippen molar-refractivity contribution in [3.8, 4) is 0 Å². The van der Waals surface area contributed by atoms with Crippen LogP contribution >= 0.6 is 0 Å². The van der Waals surface area contributed by atoms with Gasteiger partial charge in [0.15, 0.2) is 0 Å². The van der Waals surface area contributed by atoms with Gasteiger partial charge in [-0.25, -0.2) is 8.78 Å². The minimum absolute atomic E-state index is 0.0855. The molecule has 0 bridgehead atoms. The molecule has 0 saturated carbocycles. The molecule has 2 N–H and O–H groups in total. The van der Waals surface area contributed by atoms with Gasteiger partial charge in [0.05, 0.1) is 0 Å². The number of nitrogens with one attached hydrogen (secondary N) is 2. The van der Waals surface area contributed by atoms with Crippen LogP contribution in [0.4, 0.5) is 8.78 Å². The van der Waals surface area contributed by atoms with Gasteiger partial charge in [0.1, 0.15) is 11.6 Å². The van der Waals surface area contributed by atoms with Gasteiger partial charge in [-0.15, -0.1) is 0 Å². The first-order valence-electron chi connectivity index (χ1n) is 5.08. The van der Waals surface area contributed by atoms with Crippen LogP contribution in [0.15, 0.2) is 18.2 Å². The molecule has 1 fully saturated rings. The van der Waals surface area contributed by atoms with Crippen molar-refractivity contribution in [1.82, 2.24) is 10.6 Å². The zero-order valence-corrected chi connectivity index (χ0v) is 8.56. The van der Waals surface area contributed by atoms with Gasteiger partial charge in [0.25, 0.3) is 0 Å². The number of hydrogen-bond acceptors (Lipinski definition) is 2. The number of benzene rings is 1. The summed E-state index contributed by atoms with van der Waals surface area (Å²) in [6, 6.07) is 4.01. The molecule has 0 aliphatic carbocycles. The van der Waals surface area contributed by atoms with E-state index in [1.54, 1.807) is 0 Å². The average Bonchev–Trinajstić information content (AvgIpc) is 2.11. The molecular weight excluding hydrogens is 198 g/mol. The predicted molar refractivity (Wildman–Crippen MR) is 54.6 cm³/mol. The molecule has 2 rings (SSSR count). The smallest absolute Gasteiger partial charge is 0.130 e. The summed E-state index contributed by atoms with van der Waals surface area (Å²) in [5, 5.41) is 6.39. The molecule has 2 nitrogen and oxygen atoms in total. The molecule has 1 atom stereocenters. The Balaban J connectivity index is 2.06. The van der Waals surface area contributed by atoms with Gasteiger partial charge in [-0.3, -0.25) is 0 Å². The zero-order chi connectivity index (χ0) is 10.8. The van der Waals surface area contributed by atoms with Crippen LogP contribution in [0.2, 0.25) is 0 Å². The van der Waals surface area contributed by atoms with Crippen LogP contribution in [-0.2, 0) is 0 Å². The molecule has 4 heteroatoms. The Bertz CT molecular complexity index is 350. The topological polar surface area (TPSA) is 24.1 Å². The van der Waals surface area contributed by atoms with Crippen molar-refractivity contribution in [2.24, 2.45) is 0 Å². The first kappa shape index (κ1) is 10.5. The maximum atomic E-state index is 13.4. The predicted octanol–water partition coefficient (Wildman–Crippen LogP) is 1.59. The lowest BCUT2D eigenvalue weighted by molar-refractivity contribution is 0.334. The highest BCUT2D eigenvalue weighted by Crippen LogP contribution is 2.18. The van der Waals surface area contributed by atoms with Crippen LogP contribution in [-0.4, -0.2) is 19.1 Å². The van der Waals surface area contributed by atoms with E-state index in [9.17, 15) is 8.78 Å². The summed E-state index contributed by atoms with van der Waals surface area (Å²) >= 11 is 0. The first-order chi connectivity index (χ1) is 7.16. The fourth-order valence-corrected chi connectivity index (χ4v) is 1.70. The van der Waals surface area contributed by atoms with Gasteiger partial charge >= 0.3 is 0 Å². The van der Waals surface area contributed by atoms with Crippen LogP contribution in [0.5, 0.6) is 0 Å². The second kappa shape index (κ2) is 4.24. The largest absolute Gasteiger partial charge is 0.314 e. The van der Waals surface area contributed by atoms with Crippen LogP contribution in [0.25, 0.3) is 0 Å². The number of hydrogen-bond donors (Lipinski definition) is 2. The lowest BCUT2D eigenvalue weighted by Crippen LogP contribution is -2.55. The summed E-state index contributed by atoms with van der Waals surface area (Å²) in [6.07, 6.45) is 0. The molecule has 0 radical (unpaired) electrons. The Hall–Kier alpha value is -1.00. The van der Waals surface area contributed by atoms with Gasteiger partial charge in [0.2, 0.25) is 0 Å². The van der Waals surface area contributed by atoms with Crippen LogP contribution in [0.1, 0.15) is 18.5 Å². The summed E-state index contributed by atoms with van der Waals surface area (Å²) in [4.78, 5) is 0. The summed E-state index contributed by atoms with van der Waals surface area (Å²) in [5.41, 5.74) is 0.517. The third-order valence-electron chi connectivity index (χ3n) is 2.70. The Morgan fingerprint density at radius 2 is 2.13 bits per heavy atom. The number of rotatable bonds is 3. The van der Waals surface area contributed by atoms with Crippen molar-refractivity contribution in [2.75, 3.05) is 13.1 Å². The van der Waals surface area contributed by atoms with Crippen molar-refractivity contribution in [1.29, 1.82) is 0 Å². The van der Waals surface area contributed by atoms with Crippen molar-refractivity contribution < 1.29 is 8.78 Å². The standard InChI is InChI=1S/C11H14F2N2/c1-7(15-9-5-14-6-9)10-3-2-8(12)4-11(10)13/h2-4,7,9,14-15H,5-6H2,1H3. The van der Waals surface area contributed by atoms with E-state index in [2.05, 4.69) is 10.6 Å². The molecule has 0 amide bonds. The highest BCUT2D eigenvalue weighted by Gasteiger charge is 2.20. The van der Waals surface area contributed by atoms with E-state index in [1.807, 2.05) is 6.92 Å². The van der Waals surface area contributed by atoms with Crippen LogP contribution in [0, 0.1) is 11.6 Å². The molecular formula is C11H14F2N2. The number of halogens is 2. The minimum Gasteiger partial charge on any atom is -0.314 e. The average molecular weight is 212 g/mol. The van der Waals surface area contributed by atoms with Gasteiger partial charge < -0.3 is 10.6 Å². The van der Waals surface area contributed by atoms with E-state index in [-0.39, 0.29) is 6.04 Å². The fraction of sp³-hybridized carbons (Fsp3) is 0.455. The van der Waals surface area contributed by atoms with Gasteiger partial charge in [0, 0.05) is 36.8 Å². The van der Waals surface area contributed by atoms with E-state index < -0.39 is 11.6 Å². The molecule has 1 heterocycles. The van der Waals surface area contributed by atoms with E-state index in [1.165, 1.54) is 12.1 Å². The molecule has 1 aromatic rings. The van der Waals surface area contributed by atoms with E-state index in [0.717, 1.165) is 19.2 Å². The van der Waals surface area contributed by atoms with E-state index >= 15 is 0 Å². The Kier molecular flexibility index (Phi) is 2.98. The summed E-state index contributed by atoms with van der Waals surface area (Å²) in [7, 11) is 0. The summed E-state index contributed by atoms with van der Waals surface area (Å²) in [6.45, 7) is 3.70. The Labute approximate surface area is 87.7 Å². The molecule has 1 aliphatic heterocycles. The van der Waals surface area contributed by atoms with Gasteiger partial charge in [-0.1, -0.05) is 6.07 Å². The second-order valence-corrected chi connectivity index (χ2v) is 3.91. The molecule has 1 aliphatic rings. The van der Waals surface area contributed by atoms with Gasteiger partial charge in [-0.2, -0.15) is 0 Å². The third-order valence-corrected chi connectivity index (χ3v) is 2.70. The van der Waals surface area contributed by atoms with Crippen molar-refractivity contribution in [2.45, 2.75) is 19.0 Å². The Morgan fingerprint density at radius 1 is 1.40 bits per heavy atom. The van der Waals surface area contributed by atoms with Crippen molar-refractivity contribution in [3.05, 3.63) is 35.4 Å². The summed E-state index contributed by atoms with van der Waals surface area (Å²) < 4.78 is 26.1. The SMILES string of the molecule is CC(NC1CNC1)c1ccc(F)cc1F. The van der Waals surface area contributed by atoms with Crippen molar-refractivity contribution in [3.63, 3.8) is 0 Å². The molecule has 15 heavy (non-hydrogen) atoms. The highest BCUT2D eigenvalue weighted by atomic mass is 19.1. The van der Waals surface area contributed by atoms with E-state index in [0.29, 0.717) is 11.6 Å². The fourth-order valence-electron chi connectivity index (χ4n) is 1.70. The minimum atomic E-state index is -0.534. The molecule has 0 aromatic heterocycles. The van der Waals surface area contributed by atoms with Gasteiger partial charge in [-0.05, 0) is 13.0 Å². The van der Waals surface area contributed by atoms with Crippen LogP contribution in [0.3, 0.4) is 0 Å².